The number of non-ortho nitro benzene ring substituents is 1. The molecule has 0 aliphatic carbocycles. The molecule has 0 unspecified atom stereocenters. The monoisotopic (exact) mass is 581 g/mol. The van der Waals surface area contributed by atoms with Crippen molar-refractivity contribution in [3.05, 3.63) is 68.0 Å². The Bertz CT molecular complexity index is 1490. The minimum absolute atomic E-state index is 0.000549. The standard InChI is InChI=1S/C24H24ClN3O6S3/c1-13-9-15(28(30)31)11-17(25)20(13)14-7-6-8-16(10-14)37(32,33)19-12-18(36-22(19)35-5)21(26)27-23(29)34-24(2,3)4/h6-12H,1-5H3,(H2,26,27,29). The van der Waals surface area contributed by atoms with Crippen LogP contribution in [0, 0.1) is 22.4 Å². The van der Waals surface area contributed by atoms with Gasteiger partial charge in [0.1, 0.15) is 11.4 Å². The number of alkyl carbamates (subject to hydrolysis) is 1. The number of nitro groups is 1. The van der Waals surface area contributed by atoms with Crippen LogP contribution in [0.25, 0.3) is 11.1 Å². The third-order valence-electron chi connectivity index (χ3n) is 4.93. The Kier molecular flexibility index (Phi) is 8.37. The highest BCUT2D eigenvalue weighted by atomic mass is 35.5. The molecule has 0 spiro atoms. The quantitative estimate of drug-likeness (QED) is 0.109. The van der Waals surface area contributed by atoms with Gasteiger partial charge in [-0.05, 0) is 63.3 Å². The Labute approximate surface area is 227 Å². The first kappa shape index (κ1) is 28.6. The lowest BCUT2D eigenvalue weighted by molar-refractivity contribution is -0.384. The second kappa shape index (κ2) is 10.8. The van der Waals surface area contributed by atoms with Crippen molar-refractivity contribution >= 4 is 62.2 Å². The van der Waals surface area contributed by atoms with Crippen molar-refractivity contribution in [2.75, 3.05) is 6.26 Å². The summed E-state index contributed by atoms with van der Waals surface area (Å²) in [6, 6.07) is 10.1. The maximum atomic E-state index is 13.6. The number of hydrogen-bond acceptors (Lipinski definition) is 9. The molecule has 3 aromatic rings. The fraction of sp³-hybridized carbons (Fsp3) is 0.250. The van der Waals surface area contributed by atoms with Crippen LogP contribution in [-0.2, 0) is 14.6 Å². The number of carbonyl (C=O) groups excluding carboxylic acids is 1. The van der Waals surface area contributed by atoms with Crippen LogP contribution < -0.4 is 5.32 Å². The number of nitrogens with zero attached hydrogens (tertiary/aromatic N) is 1. The summed E-state index contributed by atoms with van der Waals surface area (Å²) in [4.78, 5) is 22.9. The van der Waals surface area contributed by atoms with Crippen LogP contribution in [0.2, 0.25) is 5.02 Å². The molecule has 1 heterocycles. The number of aryl methyl sites for hydroxylation is 1. The van der Waals surface area contributed by atoms with Gasteiger partial charge in [0, 0.05) is 17.7 Å². The zero-order chi connectivity index (χ0) is 27.7. The van der Waals surface area contributed by atoms with E-state index in [4.69, 9.17) is 21.7 Å². The van der Waals surface area contributed by atoms with Gasteiger partial charge in [-0.2, -0.15) is 0 Å². The number of ether oxygens (including phenoxy) is 1. The van der Waals surface area contributed by atoms with E-state index in [1.807, 2.05) is 0 Å². The molecule has 1 amide bonds. The number of benzene rings is 2. The molecule has 3 rings (SSSR count). The lowest BCUT2D eigenvalue weighted by Crippen LogP contribution is -2.36. The molecule has 0 saturated carbocycles. The van der Waals surface area contributed by atoms with E-state index in [9.17, 15) is 23.3 Å². The number of hydrogen-bond donors (Lipinski definition) is 2. The van der Waals surface area contributed by atoms with Gasteiger partial charge in [-0.3, -0.25) is 20.8 Å². The summed E-state index contributed by atoms with van der Waals surface area (Å²) in [6.07, 6.45) is 0.903. The van der Waals surface area contributed by atoms with Crippen molar-refractivity contribution in [1.29, 1.82) is 5.41 Å². The van der Waals surface area contributed by atoms with Crippen molar-refractivity contribution in [2.45, 2.75) is 47.3 Å². The summed E-state index contributed by atoms with van der Waals surface area (Å²) in [5.74, 6) is -0.280. The zero-order valence-electron chi connectivity index (χ0n) is 20.5. The molecular formula is C24H24ClN3O6S3. The van der Waals surface area contributed by atoms with Crippen LogP contribution in [0.5, 0.6) is 0 Å². The Morgan fingerprint density at radius 3 is 2.46 bits per heavy atom. The van der Waals surface area contributed by atoms with Gasteiger partial charge in [-0.25, -0.2) is 13.2 Å². The first-order valence-electron chi connectivity index (χ1n) is 10.7. The number of amides is 1. The summed E-state index contributed by atoms with van der Waals surface area (Å²) < 4.78 is 32.9. The van der Waals surface area contributed by atoms with Gasteiger partial charge in [0.05, 0.1) is 28.8 Å². The summed E-state index contributed by atoms with van der Waals surface area (Å²) in [5.41, 5.74) is 0.586. The number of thiophene rings is 1. The number of carbonyl (C=O) groups is 1. The molecule has 2 aromatic carbocycles. The summed E-state index contributed by atoms with van der Waals surface area (Å²) >= 11 is 8.61. The maximum Gasteiger partial charge on any atom is 0.413 e. The number of thioether (sulfide) groups is 1. The van der Waals surface area contributed by atoms with Crippen molar-refractivity contribution in [3.63, 3.8) is 0 Å². The molecule has 0 saturated heterocycles. The number of rotatable bonds is 6. The summed E-state index contributed by atoms with van der Waals surface area (Å²) in [6.45, 7) is 6.74. The fourth-order valence-electron chi connectivity index (χ4n) is 3.42. The molecule has 1 aromatic heterocycles. The molecular weight excluding hydrogens is 558 g/mol. The minimum Gasteiger partial charge on any atom is -0.444 e. The van der Waals surface area contributed by atoms with Gasteiger partial charge in [-0.15, -0.1) is 23.1 Å². The average Bonchev–Trinajstić information content (AvgIpc) is 3.23. The molecule has 0 aliphatic heterocycles. The smallest absolute Gasteiger partial charge is 0.413 e. The van der Waals surface area contributed by atoms with E-state index in [1.165, 1.54) is 42.1 Å². The summed E-state index contributed by atoms with van der Waals surface area (Å²) in [7, 11) is -4.03. The van der Waals surface area contributed by atoms with E-state index in [2.05, 4.69) is 5.32 Å². The van der Waals surface area contributed by atoms with E-state index in [0.717, 1.165) is 11.3 Å². The van der Waals surface area contributed by atoms with Crippen molar-refractivity contribution in [2.24, 2.45) is 0 Å². The molecule has 0 radical (unpaired) electrons. The molecule has 0 atom stereocenters. The predicted molar refractivity (Wildman–Crippen MR) is 146 cm³/mol. The maximum absolute atomic E-state index is 13.6. The Balaban J connectivity index is 2.00. The fourth-order valence-corrected chi connectivity index (χ4v) is 7.74. The van der Waals surface area contributed by atoms with Gasteiger partial charge in [0.2, 0.25) is 9.84 Å². The van der Waals surface area contributed by atoms with Crippen LogP contribution in [-0.4, -0.2) is 37.1 Å². The lowest BCUT2D eigenvalue weighted by atomic mass is 10.00. The molecule has 9 nitrogen and oxygen atoms in total. The zero-order valence-corrected chi connectivity index (χ0v) is 23.7. The normalized spacial score (nSPS) is 11.7. The van der Waals surface area contributed by atoms with Crippen LogP contribution in [0.4, 0.5) is 10.5 Å². The number of halogens is 1. The lowest BCUT2D eigenvalue weighted by Gasteiger charge is -2.19. The number of amidine groups is 1. The largest absolute Gasteiger partial charge is 0.444 e. The molecule has 2 N–H and O–H groups in total. The van der Waals surface area contributed by atoms with Crippen LogP contribution in [0.3, 0.4) is 0 Å². The molecule has 0 bridgehead atoms. The second-order valence-corrected chi connectivity index (χ2v) is 13.3. The molecule has 0 fully saturated rings. The Morgan fingerprint density at radius 1 is 1.22 bits per heavy atom. The highest BCUT2D eigenvalue weighted by molar-refractivity contribution is 8.01. The topological polar surface area (TPSA) is 139 Å². The van der Waals surface area contributed by atoms with Gasteiger partial charge >= 0.3 is 6.09 Å². The van der Waals surface area contributed by atoms with Crippen LogP contribution >= 0.6 is 34.7 Å². The van der Waals surface area contributed by atoms with Crippen molar-refractivity contribution < 1.29 is 22.9 Å². The van der Waals surface area contributed by atoms with Gasteiger partial charge < -0.3 is 4.74 Å². The Morgan fingerprint density at radius 2 is 1.89 bits per heavy atom. The SMILES string of the molecule is CSc1sc(C(=N)NC(=O)OC(C)(C)C)cc1S(=O)(=O)c1cccc(-c2c(C)cc([N+](=O)[O-])cc2Cl)c1. The van der Waals surface area contributed by atoms with E-state index < -0.39 is 26.5 Å². The third-order valence-corrected chi connectivity index (χ3v) is 9.55. The number of sulfone groups is 1. The first-order valence-corrected chi connectivity index (χ1v) is 14.6. The highest BCUT2D eigenvalue weighted by Crippen LogP contribution is 2.39. The predicted octanol–water partition coefficient (Wildman–Crippen LogP) is 6.69. The van der Waals surface area contributed by atoms with Crippen LogP contribution in [0.15, 0.2) is 56.5 Å². The molecule has 37 heavy (non-hydrogen) atoms. The number of nitro benzene ring substituents is 1. The van der Waals surface area contributed by atoms with E-state index >= 15 is 0 Å². The van der Waals surface area contributed by atoms with Gasteiger partial charge in [-0.1, -0.05) is 23.7 Å². The van der Waals surface area contributed by atoms with Crippen LogP contribution in [0.1, 0.15) is 31.2 Å². The number of nitrogens with one attached hydrogen (secondary N) is 2. The molecule has 13 heteroatoms. The van der Waals surface area contributed by atoms with E-state index in [-0.39, 0.29) is 31.2 Å². The van der Waals surface area contributed by atoms with Crippen molar-refractivity contribution in [3.8, 4) is 11.1 Å². The van der Waals surface area contributed by atoms with E-state index in [0.29, 0.717) is 20.9 Å². The van der Waals surface area contributed by atoms with Gasteiger partial charge in [0.15, 0.2) is 0 Å². The second-order valence-electron chi connectivity index (χ2n) is 8.88. The van der Waals surface area contributed by atoms with E-state index in [1.54, 1.807) is 46.1 Å². The molecule has 196 valence electrons. The van der Waals surface area contributed by atoms with Gasteiger partial charge in [0.25, 0.3) is 5.69 Å². The highest BCUT2D eigenvalue weighted by Gasteiger charge is 2.27. The average molecular weight is 582 g/mol. The third kappa shape index (κ3) is 6.50. The minimum atomic E-state index is -4.03. The molecule has 0 aliphatic rings. The first-order chi connectivity index (χ1) is 17.1. The van der Waals surface area contributed by atoms with Crippen molar-refractivity contribution in [1.82, 2.24) is 5.32 Å². The summed E-state index contributed by atoms with van der Waals surface area (Å²) in [5, 5.41) is 21.8. The Hall–Kier alpha value is -2.93.